The van der Waals surface area contributed by atoms with Crippen molar-refractivity contribution in [3.63, 3.8) is 0 Å². The summed E-state index contributed by atoms with van der Waals surface area (Å²) in [6.07, 6.45) is 4.32. The molecule has 0 heterocycles. The van der Waals surface area contributed by atoms with Gasteiger partial charge in [-0.2, -0.15) is 0 Å². The fourth-order valence-electron chi connectivity index (χ4n) is 0.584. The third-order valence-corrected chi connectivity index (χ3v) is 1.54. The Morgan fingerprint density at radius 1 is 1.55 bits per heavy atom. The highest BCUT2D eigenvalue weighted by Crippen LogP contribution is 2.26. The maximum atomic E-state index is 12.8. The number of alkyl halides is 2. The predicted octanol–water partition coefficient (Wildman–Crippen LogP) is 3.41. The molecular formula is C9H14F2. The van der Waals surface area contributed by atoms with Crippen LogP contribution < -0.4 is 0 Å². The van der Waals surface area contributed by atoms with Crippen LogP contribution in [-0.2, 0) is 0 Å². The second kappa shape index (κ2) is 4.27. The lowest BCUT2D eigenvalue weighted by molar-refractivity contribution is 0.0176. The van der Waals surface area contributed by atoms with Crippen molar-refractivity contribution in [2.45, 2.75) is 26.2 Å². The van der Waals surface area contributed by atoms with Gasteiger partial charge in [0.15, 0.2) is 0 Å². The van der Waals surface area contributed by atoms with Crippen LogP contribution in [0.3, 0.4) is 0 Å². The van der Waals surface area contributed by atoms with Crippen molar-refractivity contribution in [3.8, 4) is 0 Å². The largest absolute Gasteiger partial charge is 0.272 e. The number of rotatable bonds is 4. The molecule has 2 heteroatoms. The summed E-state index contributed by atoms with van der Waals surface area (Å²) in [7, 11) is 0. The fourth-order valence-corrected chi connectivity index (χ4v) is 0.584. The molecule has 0 radical (unpaired) electrons. The minimum absolute atomic E-state index is 0.638. The molecule has 0 rings (SSSR count). The Morgan fingerprint density at radius 3 is 2.45 bits per heavy atom. The van der Waals surface area contributed by atoms with Gasteiger partial charge in [-0.25, -0.2) is 8.78 Å². The monoisotopic (exact) mass is 160 g/mol. The van der Waals surface area contributed by atoms with Crippen LogP contribution in [-0.4, -0.2) is 5.92 Å². The van der Waals surface area contributed by atoms with E-state index in [4.69, 9.17) is 0 Å². The van der Waals surface area contributed by atoms with Gasteiger partial charge in [-0.1, -0.05) is 26.0 Å². The summed E-state index contributed by atoms with van der Waals surface area (Å²) >= 11 is 0. The molecule has 0 aromatic carbocycles. The summed E-state index contributed by atoms with van der Waals surface area (Å²) in [4.78, 5) is 0. The van der Waals surface area contributed by atoms with Crippen molar-refractivity contribution >= 4 is 0 Å². The Bertz CT molecular complexity index is 148. The van der Waals surface area contributed by atoms with Crippen LogP contribution in [0, 0.1) is 5.92 Å². The van der Waals surface area contributed by atoms with E-state index in [0.29, 0.717) is 6.42 Å². The molecule has 0 amide bonds. The molecule has 64 valence electrons. The Kier molecular flexibility index (Phi) is 4.01. The smallest absolute Gasteiger partial charge is 0.201 e. The first-order valence-electron chi connectivity index (χ1n) is 3.72. The Hall–Kier alpha value is -0.660. The van der Waals surface area contributed by atoms with E-state index < -0.39 is 11.8 Å². The topological polar surface area (TPSA) is 0 Å². The zero-order valence-electron chi connectivity index (χ0n) is 6.98. The molecule has 1 unspecified atom stereocenters. The first-order chi connectivity index (χ1) is 5.04. The molecule has 0 aromatic heterocycles. The van der Waals surface area contributed by atoms with Gasteiger partial charge in [0.25, 0.3) is 5.92 Å². The Labute approximate surface area is 66.6 Å². The molecule has 0 aliphatic carbocycles. The molecule has 0 aliphatic rings. The Balaban J connectivity index is 4.19. The van der Waals surface area contributed by atoms with Crippen LogP contribution in [0.4, 0.5) is 8.78 Å². The lowest BCUT2D eigenvalue weighted by atomic mass is 10.0. The van der Waals surface area contributed by atoms with E-state index in [1.165, 1.54) is 19.1 Å². The summed E-state index contributed by atoms with van der Waals surface area (Å²) in [6.45, 7) is 6.60. The second-order valence-corrected chi connectivity index (χ2v) is 2.51. The van der Waals surface area contributed by atoms with E-state index in [1.54, 1.807) is 0 Å². The van der Waals surface area contributed by atoms with E-state index in [9.17, 15) is 8.78 Å². The van der Waals surface area contributed by atoms with Gasteiger partial charge in [-0.05, 0) is 12.5 Å². The maximum absolute atomic E-state index is 12.8. The lowest BCUT2D eigenvalue weighted by Gasteiger charge is -2.16. The van der Waals surface area contributed by atoms with Crippen molar-refractivity contribution in [1.82, 2.24) is 0 Å². The van der Waals surface area contributed by atoms with Crippen molar-refractivity contribution in [2.24, 2.45) is 5.92 Å². The summed E-state index contributed by atoms with van der Waals surface area (Å²) in [5.41, 5.74) is 0. The fraction of sp³-hybridized carbons (Fsp3) is 0.556. The van der Waals surface area contributed by atoms with Crippen LogP contribution in [0.2, 0.25) is 0 Å². The van der Waals surface area contributed by atoms with Gasteiger partial charge >= 0.3 is 0 Å². The predicted molar refractivity (Wildman–Crippen MR) is 43.7 cm³/mol. The Morgan fingerprint density at radius 2 is 2.09 bits per heavy atom. The van der Waals surface area contributed by atoms with Crippen LogP contribution in [0.25, 0.3) is 0 Å². The van der Waals surface area contributed by atoms with Crippen LogP contribution >= 0.6 is 0 Å². The third-order valence-electron chi connectivity index (χ3n) is 1.54. The van der Waals surface area contributed by atoms with Crippen LogP contribution in [0.5, 0.6) is 0 Å². The van der Waals surface area contributed by atoms with Gasteiger partial charge in [0.1, 0.15) is 0 Å². The summed E-state index contributed by atoms with van der Waals surface area (Å²) in [5.74, 6) is -3.53. The van der Waals surface area contributed by atoms with Crippen molar-refractivity contribution in [3.05, 3.63) is 24.8 Å². The van der Waals surface area contributed by atoms with Gasteiger partial charge in [-0.15, -0.1) is 6.58 Å². The van der Waals surface area contributed by atoms with Crippen molar-refractivity contribution in [2.75, 3.05) is 0 Å². The normalized spacial score (nSPS) is 15.3. The second-order valence-electron chi connectivity index (χ2n) is 2.51. The highest BCUT2D eigenvalue weighted by atomic mass is 19.3. The highest BCUT2D eigenvalue weighted by molar-refractivity contribution is 5.01. The molecule has 0 spiro atoms. The number of hydrogen-bond donors (Lipinski definition) is 0. The van der Waals surface area contributed by atoms with Crippen molar-refractivity contribution < 1.29 is 8.78 Å². The molecule has 0 saturated carbocycles. The first-order valence-corrected chi connectivity index (χ1v) is 3.72. The van der Waals surface area contributed by atoms with Crippen LogP contribution in [0.1, 0.15) is 20.3 Å². The summed E-state index contributed by atoms with van der Waals surface area (Å²) in [5, 5.41) is 0. The molecule has 0 nitrogen and oxygen atoms in total. The maximum Gasteiger partial charge on any atom is 0.272 e. The van der Waals surface area contributed by atoms with Crippen molar-refractivity contribution in [1.29, 1.82) is 0 Å². The lowest BCUT2D eigenvalue weighted by Crippen LogP contribution is -2.20. The van der Waals surface area contributed by atoms with E-state index in [0.717, 1.165) is 6.08 Å². The molecule has 0 fully saturated rings. The molecule has 0 aliphatic heterocycles. The van der Waals surface area contributed by atoms with E-state index in [1.807, 2.05) is 6.92 Å². The van der Waals surface area contributed by atoms with E-state index in [2.05, 4.69) is 6.58 Å². The zero-order valence-corrected chi connectivity index (χ0v) is 6.98. The SMILES string of the molecule is C=CC(C)C(F)(F)C=CCC. The highest BCUT2D eigenvalue weighted by Gasteiger charge is 2.30. The van der Waals surface area contributed by atoms with E-state index >= 15 is 0 Å². The molecule has 0 aromatic rings. The summed E-state index contributed by atoms with van der Waals surface area (Å²) in [6, 6.07) is 0. The van der Waals surface area contributed by atoms with Gasteiger partial charge in [0.05, 0.1) is 0 Å². The average molecular weight is 160 g/mol. The number of hydrogen-bond acceptors (Lipinski definition) is 0. The average Bonchev–Trinajstić information content (AvgIpc) is 1.99. The minimum atomic E-state index is -2.74. The standard InChI is InChI=1S/C9H14F2/c1-4-6-7-9(10,11)8(3)5-2/h5-8H,2,4H2,1,3H3. The number of allylic oxidation sites excluding steroid dienone is 3. The zero-order chi connectivity index (χ0) is 8.91. The molecule has 11 heavy (non-hydrogen) atoms. The number of halogens is 2. The van der Waals surface area contributed by atoms with Gasteiger partial charge < -0.3 is 0 Å². The molecule has 0 N–H and O–H groups in total. The minimum Gasteiger partial charge on any atom is -0.201 e. The molecule has 0 saturated heterocycles. The van der Waals surface area contributed by atoms with Gasteiger partial charge in [0.2, 0.25) is 0 Å². The molecular weight excluding hydrogens is 146 g/mol. The van der Waals surface area contributed by atoms with Gasteiger partial charge in [0, 0.05) is 5.92 Å². The van der Waals surface area contributed by atoms with Crippen LogP contribution in [0.15, 0.2) is 24.8 Å². The van der Waals surface area contributed by atoms with E-state index in [-0.39, 0.29) is 0 Å². The molecule has 0 bridgehead atoms. The molecule has 1 atom stereocenters. The van der Waals surface area contributed by atoms with Gasteiger partial charge in [-0.3, -0.25) is 0 Å². The third kappa shape index (κ3) is 3.30. The summed E-state index contributed by atoms with van der Waals surface area (Å²) < 4.78 is 25.7. The first kappa shape index (κ1) is 10.3. The quantitative estimate of drug-likeness (QED) is 0.553.